The molecular weight excluding hydrogens is 414 g/mol. The highest BCUT2D eigenvalue weighted by atomic mass is 32.2. The van der Waals surface area contributed by atoms with Gasteiger partial charge in [0.1, 0.15) is 17.6 Å². The number of sulfonamides is 1. The quantitative estimate of drug-likeness (QED) is 0.640. The summed E-state index contributed by atoms with van der Waals surface area (Å²) in [4.78, 5) is 17.4. The minimum absolute atomic E-state index is 0.117. The van der Waals surface area contributed by atoms with Gasteiger partial charge in [-0.3, -0.25) is 4.79 Å². The highest BCUT2D eigenvalue weighted by molar-refractivity contribution is 7.89. The summed E-state index contributed by atoms with van der Waals surface area (Å²) >= 11 is 0. The number of rotatable bonds is 6. The van der Waals surface area contributed by atoms with Crippen LogP contribution in [0.25, 0.3) is 0 Å². The van der Waals surface area contributed by atoms with E-state index in [1.165, 1.54) is 16.4 Å². The Kier molecular flexibility index (Phi) is 6.01. The molecular formula is C23H23N3O4S. The van der Waals surface area contributed by atoms with Crippen LogP contribution in [-0.2, 0) is 27.8 Å². The molecule has 1 amide bonds. The highest BCUT2D eigenvalue weighted by Crippen LogP contribution is 2.30. The number of pyridine rings is 1. The summed E-state index contributed by atoms with van der Waals surface area (Å²) in [6.45, 7) is 2.47. The first-order chi connectivity index (χ1) is 15.0. The van der Waals surface area contributed by atoms with Crippen LogP contribution in [0.5, 0.6) is 5.75 Å². The summed E-state index contributed by atoms with van der Waals surface area (Å²) in [7, 11) is -3.93. The van der Waals surface area contributed by atoms with E-state index in [1.54, 1.807) is 36.5 Å². The van der Waals surface area contributed by atoms with Gasteiger partial charge >= 0.3 is 0 Å². The Morgan fingerprint density at radius 1 is 1.06 bits per heavy atom. The third-order valence-electron chi connectivity index (χ3n) is 5.17. The number of nitrogens with one attached hydrogen (secondary N) is 1. The second-order valence-corrected chi connectivity index (χ2v) is 9.04. The molecule has 0 saturated heterocycles. The lowest BCUT2D eigenvalue weighted by Crippen LogP contribution is -2.50. The lowest BCUT2D eigenvalue weighted by Gasteiger charge is -2.35. The van der Waals surface area contributed by atoms with E-state index >= 15 is 0 Å². The molecule has 0 aliphatic carbocycles. The smallest absolute Gasteiger partial charge is 0.244 e. The Morgan fingerprint density at radius 3 is 2.45 bits per heavy atom. The van der Waals surface area contributed by atoms with Gasteiger partial charge in [0.2, 0.25) is 15.9 Å². The van der Waals surface area contributed by atoms with Crippen LogP contribution in [0.2, 0.25) is 0 Å². The Hall–Kier alpha value is -3.23. The van der Waals surface area contributed by atoms with Crippen molar-refractivity contribution < 1.29 is 17.9 Å². The van der Waals surface area contributed by atoms with Crippen molar-refractivity contribution in [3.05, 3.63) is 84.1 Å². The van der Waals surface area contributed by atoms with Crippen molar-refractivity contribution in [1.29, 1.82) is 0 Å². The maximum absolute atomic E-state index is 13.5. The molecule has 1 aromatic heterocycles. The third kappa shape index (κ3) is 4.45. The fourth-order valence-corrected chi connectivity index (χ4v) is 5.20. The lowest BCUT2D eigenvalue weighted by atomic mass is 9.95. The van der Waals surface area contributed by atoms with Crippen LogP contribution in [0, 0.1) is 0 Å². The molecule has 1 N–H and O–H groups in total. The lowest BCUT2D eigenvalue weighted by molar-refractivity contribution is -0.120. The van der Waals surface area contributed by atoms with E-state index in [4.69, 9.17) is 4.74 Å². The van der Waals surface area contributed by atoms with Crippen molar-refractivity contribution in [2.45, 2.75) is 30.8 Å². The van der Waals surface area contributed by atoms with E-state index < -0.39 is 22.0 Å². The minimum Gasteiger partial charge on any atom is -0.494 e. The second kappa shape index (κ2) is 8.87. The zero-order chi connectivity index (χ0) is 21.8. The van der Waals surface area contributed by atoms with E-state index in [0.717, 1.165) is 11.1 Å². The first kappa shape index (κ1) is 21.0. The topological polar surface area (TPSA) is 88.6 Å². The van der Waals surface area contributed by atoms with E-state index in [9.17, 15) is 13.2 Å². The standard InChI is InChI=1S/C23H23N3O4S/c1-2-30-19-10-12-20(13-11-19)31(28,29)26-16-18-8-4-3-7-17(18)15-21(26)23(27)25-22-9-5-6-14-24-22/h3-14,21H,2,15-16H2,1H3,(H,24,25,27). The molecule has 8 heteroatoms. The van der Waals surface area contributed by atoms with Crippen LogP contribution in [0.4, 0.5) is 5.82 Å². The molecule has 0 saturated carbocycles. The second-order valence-electron chi connectivity index (χ2n) is 7.15. The molecule has 4 rings (SSSR count). The number of fused-ring (bicyclic) bond motifs is 1. The average molecular weight is 438 g/mol. The van der Waals surface area contributed by atoms with Gasteiger partial charge in [-0.2, -0.15) is 4.31 Å². The predicted octanol–water partition coefficient (Wildman–Crippen LogP) is 3.23. The van der Waals surface area contributed by atoms with Gasteiger partial charge in [-0.25, -0.2) is 13.4 Å². The molecule has 160 valence electrons. The van der Waals surface area contributed by atoms with Crippen molar-refractivity contribution in [1.82, 2.24) is 9.29 Å². The Bertz CT molecular complexity index is 1160. The summed E-state index contributed by atoms with van der Waals surface area (Å²) in [5, 5.41) is 2.75. The number of carbonyl (C=O) groups is 1. The zero-order valence-corrected chi connectivity index (χ0v) is 17.9. The van der Waals surface area contributed by atoms with Gasteiger partial charge in [-0.1, -0.05) is 30.3 Å². The van der Waals surface area contributed by atoms with Crippen LogP contribution >= 0.6 is 0 Å². The molecule has 2 heterocycles. The summed E-state index contributed by atoms with van der Waals surface area (Å²) in [5.41, 5.74) is 1.85. The number of hydrogen-bond donors (Lipinski definition) is 1. The number of amides is 1. The zero-order valence-electron chi connectivity index (χ0n) is 17.1. The van der Waals surface area contributed by atoms with Gasteiger partial charge in [0.25, 0.3) is 0 Å². The van der Waals surface area contributed by atoms with E-state index in [1.807, 2.05) is 31.2 Å². The van der Waals surface area contributed by atoms with Crippen molar-refractivity contribution in [2.24, 2.45) is 0 Å². The molecule has 2 aromatic carbocycles. The number of aromatic nitrogens is 1. The molecule has 1 atom stereocenters. The number of ether oxygens (including phenoxy) is 1. The van der Waals surface area contributed by atoms with Gasteiger partial charge in [0, 0.05) is 12.7 Å². The molecule has 1 aliphatic rings. The Balaban J connectivity index is 1.68. The van der Waals surface area contributed by atoms with Crippen LogP contribution in [0.1, 0.15) is 18.1 Å². The Morgan fingerprint density at radius 2 is 1.77 bits per heavy atom. The van der Waals surface area contributed by atoms with Gasteiger partial charge < -0.3 is 10.1 Å². The Labute approximate surface area is 181 Å². The molecule has 0 spiro atoms. The van der Waals surface area contributed by atoms with Crippen LogP contribution in [0.3, 0.4) is 0 Å². The van der Waals surface area contributed by atoms with Gasteiger partial charge in [0.05, 0.1) is 11.5 Å². The predicted molar refractivity (Wildman–Crippen MR) is 117 cm³/mol. The van der Waals surface area contributed by atoms with E-state index in [-0.39, 0.29) is 17.9 Å². The molecule has 0 bridgehead atoms. The minimum atomic E-state index is -3.93. The number of anilines is 1. The first-order valence-corrected chi connectivity index (χ1v) is 11.5. The van der Waals surface area contributed by atoms with E-state index in [0.29, 0.717) is 18.2 Å². The first-order valence-electron chi connectivity index (χ1n) is 10.0. The number of hydrogen-bond acceptors (Lipinski definition) is 5. The van der Waals surface area contributed by atoms with Crippen molar-refractivity contribution in [2.75, 3.05) is 11.9 Å². The number of benzene rings is 2. The maximum Gasteiger partial charge on any atom is 0.244 e. The molecule has 1 unspecified atom stereocenters. The largest absolute Gasteiger partial charge is 0.494 e. The molecule has 0 fully saturated rings. The fraction of sp³-hybridized carbons (Fsp3) is 0.217. The SMILES string of the molecule is CCOc1ccc(S(=O)(=O)N2Cc3ccccc3CC2C(=O)Nc2ccccn2)cc1. The van der Waals surface area contributed by atoms with Crippen LogP contribution < -0.4 is 10.1 Å². The normalized spacial score (nSPS) is 16.4. The van der Waals surface area contributed by atoms with Crippen molar-refractivity contribution >= 4 is 21.7 Å². The van der Waals surface area contributed by atoms with Crippen molar-refractivity contribution in [3.8, 4) is 5.75 Å². The average Bonchev–Trinajstić information content (AvgIpc) is 2.79. The molecule has 1 aliphatic heterocycles. The van der Waals surface area contributed by atoms with Gasteiger partial charge in [-0.05, 0) is 60.9 Å². The monoisotopic (exact) mass is 437 g/mol. The summed E-state index contributed by atoms with van der Waals surface area (Å²) in [5.74, 6) is 0.558. The van der Waals surface area contributed by atoms with Crippen molar-refractivity contribution in [3.63, 3.8) is 0 Å². The van der Waals surface area contributed by atoms with Crippen LogP contribution in [-0.4, -0.2) is 36.3 Å². The third-order valence-corrected chi connectivity index (χ3v) is 7.03. The summed E-state index contributed by atoms with van der Waals surface area (Å²) in [6.07, 6.45) is 1.85. The van der Waals surface area contributed by atoms with E-state index in [2.05, 4.69) is 10.3 Å². The fourth-order valence-electron chi connectivity index (χ4n) is 3.63. The molecule has 3 aromatic rings. The number of carbonyl (C=O) groups excluding carboxylic acids is 1. The highest BCUT2D eigenvalue weighted by Gasteiger charge is 2.39. The van der Waals surface area contributed by atoms with Crippen LogP contribution in [0.15, 0.2) is 77.8 Å². The number of nitrogens with zero attached hydrogens (tertiary/aromatic N) is 2. The summed E-state index contributed by atoms with van der Waals surface area (Å²) in [6, 6.07) is 18.1. The molecule has 0 radical (unpaired) electrons. The molecule has 31 heavy (non-hydrogen) atoms. The molecule has 7 nitrogen and oxygen atoms in total. The maximum atomic E-state index is 13.5. The summed E-state index contributed by atoms with van der Waals surface area (Å²) < 4.78 is 33.7. The van der Waals surface area contributed by atoms with Gasteiger partial charge in [-0.15, -0.1) is 0 Å². The van der Waals surface area contributed by atoms with Gasteiger partial charge in [0.15, 0.2) is 0 Å².